The lowest BCUT2D eigenvalue weighted by molar-refractivity contribution is -0.204. The van der Waals surface area contributed by atoms with Gasteiger partial charge in [-0.15, -0.1) is 0 Å². The van der Waals surface area contributed by atoms with Gasteiger partial charge in [-0.3, -0.25) is 0 Å². The molecule has 0 bridgehead atoms. The van der Waals surface area contributed by atoms with E-state index in [-0.39, 0.29) is 0 Å². The predicted molar refractivity (Wildman–Crippen MR) is 82.9 cm³/mol. The summed E-state index contributed by atoms with van der Waals surface area (Å²) in [4.78, 5) is 11.0. The fourth-order valence-corrected chi connectivity index (χ4v) is 2.26. The Morgan fingerprint density at radius 2 is 1.75 bits per heavy atom. The van der Waals surface area contributed by atoms with Gasteiger partial charge in [0, 0.05) is 0 Å². The van der Waals surface area contributed by atoms with E-state index < -0.39 is 18.2 Å². The third-order valence-electron chi connectivity index (χ3n) is 3.43. The van der Waals surface area contributed by atoms with E-state index in [9.17, 15) is 18.0 Å². The highest BCUT2D eigenvalue weighted by molar-refractivity contribution is 5.75. The third-order valence-corrected chi connectivity index (χ3v) is 3.43. The summed E-state index contributed by atoms with van der Waals surface area (Å²) in [5.41, 5.74) is 1.28. The molecule has 0 heterocycles. The maximum absolute atomic E-state index is 12.3. The minimum Gasteiger partial charge on any atom is -0.457 e. The molecule has 6 heteroatoms. The van der Waals surface area contributed by atoms with Gasteiger partial charge >= 0.3 is 12.1 Å². The van der Waals surface area contributed by atoms with Gasteiger partial charge in [-0.1, -0.05) is 31.2 Å². The number of aryl methyl sites for hydroxylation is 1. The first-order valence-electron chi connectivity index (χ1n) is 7.44. The van der Waals surface area contributed by atoms with Gasteiger partial charge < -0.3 is 9.47 Å². The first-order valence-corrected chi connectivity index (χ1v) is 7.44. The van der Waals surface area contributed by atoms with E-state index in [4.69, 9.17) is 4.74 Å². The average molecular weight is 338 g/mol. The van der Waals surface area contributed by atoms with Crippen molar-refractivity contribution in [2.45, 2.75) is 32.5 Å². The zero-order valence-corrected chi connectivity index (χ0v) is 13.3. The predicted octanol–water partition coefficient (Wildman–Crippen LogP) is 5.21. The molecule has 2 aromatic carbocycles. The molecule has 24 heavy (non-hydrogen) atoms. The highest BCUT2D eigenvalue weighted by atomic mass is 19.4. The van der Waals surface area contributed by atoms with Gasteiger partial charge in [0.15, 0.2) is 0 Å². The molecule has 0 N–H and O–H groups in total. The first kappa shape index (κ1) is 17.8. The molecule has 0 spiro atoms. The summed E-state index contributed by atoms with van der Waals surface area (Å²) < 4.78 is 47.2. The Morgan fingerprint density at radius 3 is 2.33 bits per heavy atom. The molecule has 0 aliphatic rings. The van der Waals surface area contributed by atoms with Crippen LogP contribution in [0.15, 0.2) is 48.5 Å². The molecule has 0 fully saturated rings. The average Bonchev–Trinajstić information content (AvgIpc) is 2.54. The lowest BCUT2D eigenvalue weighted by Gasteiger charge is -2.18. The van der Waals surface area contributed by atoms with Crippen molar-refractivity contribution in [1.82, 2.24) is 0 Å². The van der Waals surface area contributed by atoms with Crippen LogP contribution in [0, 0.1) is 0 Å². The van der Waals surface area contributed by atoms with Crippen LogP contribution >= 0.6 is 0 Å². The van der Waals surface area contributed by atoms with Crippen LogP contribution in [0.4, 0.5) is 13.2 Å². The normalized spacial score (nSPS) is 12.5. The number of para-hydroxylation sites is 1. The van der Waals surface area contributed by atoms with Crippen molar-refractivity contribution in [3.8, 4) is 11.5 Å². The summed E-state index contributed by atoms with van der Waals surface area (Å²) in [6.07, 6.45) is -5.44. The van der Waals surface area contributed by atoms with E-state index in [1.165, 1.54) is 6.92 Å². The molecule has 2 aromatic rings. The maximum atomic E-state index is 12.3. The molecule has 128 valence electrons. The van der Waals surface area contributed by atoms with Gasteiger partial charge in [0.1, 0.15) is 17.6 Å². The lowest BCUT2D eigenvalue weighted by Crippen LogP contribution is -2.26. The Bertz CT molecular complexity index is 696. The van der Waals surface area contributed by atoms with Crippen molar-refractivity contribution in [3.05, 3.63) is 59.7 Å². The Morgan fingerprint density at radius 1 is 1.08 bits per heavy atom. The quantitative estimate of drug-likeness (QED) is 0.702. The van der Waals surface area contributed by atoms with Crippen LogP contribution in [0.1, 0.15) is 31.1 Å². The second kappa shape index (κ2) is 7.38. The third kappa shape index (κ3) is 4.50. The van der Waals surface area contributed by atoms with E-state index in [2.05, 4.69) is 4.74 Å². The summed E-state index contributed by atoms with van der Waals surface area (Å²) in [5.74, 6) is -0.971. The molecule has 1 atom stereocenters. The van der Waals surface area contributed by atoms with Crippen molar-refractivity contribution < 1.29 is 27.4 Å². The highest BCUT2D eigenvalue weighted by Gasteiger charge is 2.42. The number of benzene rings is 2. The Labute approximate surface area is 138 Å². The molecule has 0 saturated carbocycles. The Kier molecular flexibility index (Phi) is 5.49. The van der Waals surface area contributed by atoms with Crippen LogP contribution < -0.4 is 4.74 Å². The van der Waals surface area contributed by atoms with Gasteiger partial charge in [0.05, 0.1) is 0 Å². The number of halogens is 3. The standard InChI is InChI=1S/C18H17F3O3/c1-3-13-11-15(24-14-7-5-4-6-8-14)9-10-16(13)12(2)23-17(22)18(19,20)21/h4-12H,3H2,1-2H3. The molecule has 0 aromatic heterocycles. The summed E-state index contributed by atoms with van der Waals surface area (Å²) >= 11 is 0. The molecule has 0 amide bonds. The van der Waals surface area contributed by atoms with E-state index >= 15 is 0 Å². The smallest absolute Gasteiger partial charge is 0.457 e. The van der Waals surface area contributed by atoms with Crippen molar-refractivity contribution in [2.75, 3.05) is 0 Å². The Balaban J connectivity index is 2.18. The van der Waals surface area contributed by atoms with Gasteiger partial charge in [0.25, 0.3) is 0 Å². The molecular formula is C18H17F3O3. The summed E-state index contributed by atoms with van der Waals surface area (Å²) in [5, 5.41) is 0. The largest absolute Gasteiger partial charge is 0.490 e. The van der Waals surface area contributed by atoms with Crippen molar-refractivity contribution in [1.29, 1.82) is 0 Å². The minimum absolute atomic E-state index is 0.524. The zero-order chi connectivity index (χ0) is 17.7. The molecule has 0 saturated heterocycles. The van der Waals surface area contributed by atoms with Gasteiger partial charge in [-0.05, 0) is 48.7 Å². The van der Waals surface area contributed by atoms with Gasteiger partial charge in [-0.2, -0.15) is 13.2 Å². The maximum Gasteiger partial charge on any atom is 0.490 e. The molecule has 1 unspecified atom stereocenters. The number of alkyl halides is 3. The Hall–Kier alpha value is -2.50. The first-order chi connectivity index (χ1) is 11.3. The number of hydrogen-bond donors (Lipinski definition) is 0. The monoisotopic (exact) mass is 338 g/mol. The van der Waals surface area contributed by atoms with E-state index in [1.54, 1.807) is 30.3 Å². The van der Waals surface area contributed by atoms with E-state index in [0.717, 1.165) is 5.56 Å². The SMILES string of the molecule is CCc1cc(Oc2ccccc2)ccc1C(C)OC(=O)C(F)(F)F. The second-order valence-electron chi connectivity index (χ2n) is 5.17. The fraction of sp³-hybridized carbons (Fsp3) is 0.278. The number of carbonyl (C=O) groups is 1. The highest BCUT2D eigenvalue weighted by Crippen LogP contribution is 2.30. The van der Waals surface area contributed by atoms with E-state index in [1.807, 2.05) is 25.1 Å². The second-order valence-corrected chi connectivity index (χ2v) is 5.17. The molecule has 0 radical (unpaired) electrons. The minimum atomic E-state index is -5.00. The van der Waals surface area contributed by atoms with Crippen LogP contribution in [0.3, 0.4) is 0 Å². The fourth-order valence-electron chi connectivity index (χ4n) is 2.26. The summed E-state index contributed by atoms with van der Waals surface area (Å²) in [7, 11) is 0. The molecule has 2 rings (SSSR count). The molecule has 3 nitrogen and oxygen atoms in total. The van der Waals surface area contributed by atoms with Crippen molar-refractivity contribution in [3.63, 3.8) is 0 Å². The number of ether oxygens (including phenoxy) is 2. The topological polar surface area (TPSA) is 35.5 Å². The number of rotatable bonds is 5. The number of hydrogen-bond acceptors (Lipinski definition) is 3. The van der Waals surface area contributed by atoms with Crippen molar-refractivity contribution >= 4 is 5.97 Å². The molecule has 0 aliphatic carbocycles. The summed E-state index contributed by atoms with van der Waals surface area (Å²) in [6, 6.07) is 14.1. The van der Waals surface area contributed by atoms with Crippen molar-refractivity contribution in [2.24, 2.45) is 0 Å². The van der Waals surface area contributed by atoms with E-state index in [0.29, 0.717) is 23.5 Å². The molecule has 0 aliphatic heterocycles. The summed E-state index contributed by atoms with van der Waals surface area (Å²) in [6.45, 7) is 3.28. The number of esters is 1. The molecular weight excluding hydrogens is 321 g/mol. The van der Waals surface area contributed by atoms with Crippen LogP contribution in [0.2, 0.25) is 0 Å². The number of carbonyl (C=O) groups excluding carboxylic acids is 1. The van der Waals surface area contributed by atoms with Gasteiger partial charge in [0.2, 0.25) is 0 Å². The van der Waals surface area contributed by atoms with Crippen LogP contribution in [0.25, 0.3) is 0 Å². The van der Waals surface area contributed by atoms with Crippen LogP contribution in [-0.2, 0) is 16.0 Å². The lowest BCUT2D eigenvalue weighted by atomic mass is 10.0. The van der Waals surface area contributed by atoms with Crippen LogP contribution in [-0.4, -0.2) is 12.1 Å². The van der Waals surface area contributed by atoms with Crippen LogP contribution in [0.5, 0.6) is 11.5 Å². The van der Waals surface area contributed by atoms with Gasteiger partial charge in [-0.25, -0.2) is 4.79 Å². The zero-order valence-electron chi connectivity index (χ0n) is 13.3.